The first-order valence-electron chi connectivity index (χ1n) is 2.17. The van der Waals surface area contributed by atoms with Crippen LogP contribution in [0.2, 0.25) is 0 Å². The van der Waals surface area contributed by atoms with Crippen LogP contribution in [-0.2, 0) is 16.1 Å². The molecule has 0 aromatic carbocycles. The highest BCUT2D eigenvalue weighted by molar-refractivity contribution is 7.73. The summed E-state index contributed by atoms with van der Waals surface area (Å²) in [7, 11) is 0. The second-order valence-electron chi connectivity index (χ2n) is 0.853. The van der Waals surface area contributed by atoms with Crippen LogP contribution in [0.1, 0.15) is 6.92 Å². The third kappa shape index (κ3) is 92.4. The zero-order valence-electron chi connectivity index (χ0n) is 5.11. The fourth-order valence-corrected chi connectivity index (χ4v) is 0.118. The quantitative estimate of drug-likeness (QED) is 0.457. The number of ether oxygens (including phenoxy) is 1. The Labute approximate surface area is 56.6 Å². The Morgan fingerprint density at radius 2 is 2.11 bits per heavy atom. The Bertz CT molecular complexity index is 78.6. The molecule has 0 radical (unpaired) electrons. The van der Waals surface area contributed by atoms with E-state index in [1.165, 1.54) is 6.26 Å². The Kier molecular flexibility index (Phi) is 13.4. The van der Waals surface area contributed by atoms with E-state index in [4.69, 9.17) is 13.3 Å². The SMILES string of the molecule is C=COCC.O=S(O)O. The molecule has 0 rings (SSSR count). The monoisotopic (exact) mass is 154 g/mol. The van der Waals surface area contributed by atoms with Gasteiger partial charge in [0.1, 0.15) is 0 Å². The van der Waals surface area contributed by atoms with E-state index < -0.39 is 11.4 Å². The lowest BCUT2D eigenvalue weighted by atomic mass is 10.9. The van der Waals surface area contributed by atoms with Gasteiger partial charge in [0.2, 0.25) is 0 Å². The molecule has 0 fully saturated rings. The summed E-state index contributed by atoms with van der Waals surface area (Å²) >= 11 is -2.61. The molecule has 0 bridgehead atoms. The van der Waals surface area contributed by atoms with Crippen LogP contribution in [0, 0.1) is 0 Å². The molecule has 56 valence electrons. The number of hydrogen-bond acceptors (Lipinski definition) is 2. The van der Waals surface area contributed by atoms with Crippen LogP contribution in [0.5, 0.6) is 0 Å². The van der Waals surface area contributed by atoms with E-state index in [-0.39, 0.29) is 0 Å². The van der Waals surface area contributed by atoms with Crippen LogP contribution < -0.4 is 0 Å². The van der Waals surface area contributed by atoms with Crippen molar-refractivity contribution >= 4 is 11.4 Å². The van der Waals surface area contributed by atoms with Gasteiger partial charge in [-0.2, -0.15) is 4.21 Å². The van der Waals surface area contributed by atoms with Crippen molar-refractivity contribution in [3.63, 3.8) is 0 Å². The molecule has 0 spiro atoms. The Hall–Kier alpha value is -0.390. The molecule has 0 unspecified atom stereocenters. The highest BCUT2D eigenvalue weighted by Crippen LogP contribution is 1.65. The summed E-state index contributed by atoms with van der Waals surface area (Å²) in [6.07, 6.45) is 1.43. The maximum Gasteiger partial charge on any atom is 0.299 e. The van der Waals surface area contributed by atoms with E-state index in [1.807, 2.05) is 6.92 Å². The molecule has 0 aliphatic rings. The molecule has 0 aromatic rings. The summed E-state index contributed by atoms with van der Waals surface area (Å²) in [4.78, 5) is 0. The van der Waals surface area contributed by atoms with Gasteiger partial charge in [-0.1, -0.05) is 6.58 Å². The number of hydrogen-bond donors (Lipinski definition) is 2. The van der Waals surface area contributed by atoms with E-state index in [0.29, 0.717) is 0 Å². The molecule has 4 nitrogen and oxygen atoms in total. The van der Waals surface area contributed by atoms with E-state index in [1.54, 1.807) is 0 Å². The molecule has 0 amide bonds. The van der Waals surface area contributed by atoms with Crippen LogP contribution in [0.4, 0.5) is 0 Å². The first kappa shape index (κ1) is 11.4. The van der Waals surface area contributed by atoms with Crippen molar-refractivity contribution in [1.82, 2.24) is 0 Å². The van der Waals surface area contributed by atoms with E-state index in [0.717, 1.165) is 6.61 Å². The summed E-state index contributed by atoms with van der Waals surface area (Å²) in [5.74, 6) is 0. The van der Waals surface area contributed by atoms with Crippen LogP contribution in [0.3, 0.4) is 0 Å². The van der Waals surface area contributed by atoms with Gasteiger partial charge in [-0.05, 0) is 6.92 Å². The fraction of sp³-hybridized carbons (Fsp3) is 0.500. The van der Waals surface area contributed by atoms with Crippen LogP contribution >= 0.6 is 0 Å². The van der Waals surface area contributed by atoms with Crippen molar-refractivity contribution in [2.24, 2.45) is 0 Å². The molecule has 0 atom stereocenters. The molecule has 9 heavy (non-hydrogen) atoms. The van der Waals surface area contributed by atoms with Crippen molar-refractivity contribution < 1.29 is 18.1 Å². The zero-order valence-corrected chi connectivity index (χ0v) is 5.93. The molecule has 0 heterocycles. The van der Waals surface area contributed by atoms with Crippen molar-refractivity contribution in [2.75, 3.05) is 6.61 Å². The van der Waals surface area contributed by atoms with Gasteiger partial charge in [-0.15, -0.1) is 0 Å². The highest BCUT2D eigenvalue weighted by Gasteiger charge is 1.62. The van der Waals surface area contributed by atoms with E-state index in [9.17, 15) is 0 Å². The highest BCUT2D eigenvalue weighted by atomic mass is 32.2. The topological polar surface area (TPSA) is 66.8 Å². The molecule has 0 aliphatic carbocycles. The van der Waals surface area contributed by atoms with Gasteiger partial charge in [0.25, 0.3) is 11.4 Å². The van der Waals surface area contributed by atoms with Gasteiger partial charge in [0.15, 0.2) is 0 Å². The van der Waals surface area contributed by atoms with Crippen LogP contribution in [0.25, 0.3) is 0 Å². The lowest BCUT2D eigenvalue weighted by molar-refractivity contribution is 0.270. The van der Waals surface area contributed by atoms with Crippen LogP contribution in [-0.4, -0.2) is 19.9 Å². The molecular formula is C4H10O4S. The van der Waals surface area contributed by atoms with E-state index >= 15 is 0 Å². The standard InChI is InChI=1S/C4H8O.H2O3S/c1-3-5-4-2;1-4(2)3/h3H,1,4H2,2H3;(H2,1,2,3). The minimum atomic E-state index is -2.61. The molecule has 2 N–H and O–H groups in total. The predicted octanol–water partition coefficient (Wildman–Crippen LogP) is 0.847. The number of rotatable bonds is 2. The molecular weight excluding hydrogens is 144 g/mol. The Morgan fingerprint density at radius 1 is 1.78 bits per heavy atom. The van der Waals surface area contributed by atoms with Gasteiger partial charge >= 0.3 is 0 Å². The van der Waals surface area contributed by atoms with Crippen molar-refractivity contribution in [3.8, 4) is 0 Å². The summed E-state index contributed by atoms with van der Waals surface area (Å²) in [6.45, 7) is 5.97. The Morgan fingerprint density at radius 3 is 2.11 bits per heavy atom. The Balaban J connectivity index is 0. The third-order valence-corrected chi connectivity index (χ3v) is 0.285. The van der Waals surface area contributed by atoms with Gasteiger partial charge < -0.3 is 4.74 Å². The van der Waals surface area contributed by atoms with Crippen molar-refractivity contribution in [1.29, 1.82) is 0 Å². The van der Waals surface area contributed by atoms with Gasteiger partial charge in [0, 0.05) is 0 Å². The predicted molar refractivity (Wildman–Crippen MR) is 35.2 cm³/mol. The minimum Gasteiger partial charge on any atom is -0.502 e. The van der Waals surface area contributed by atoms with Gasteiger partial charge in [0.05, 0.1) is 12.9 Å². The fourth-order valence-electron chi connectivity index (χ4n) is 0.118. The summed E-state index contributed by atoms with van der Waals surface area (Å²) in [5, 5.41) is 0. The van der Waals surface area contributed by atoms with Crippen molar-refractivity contribution in [2.45, 2.75) is 6.92 Å². The lowest BCUT2D eigenvalue weighted by Crippen LogP contribution is -1.74. The lowest BCUT2D eigenvalue weighted by Gasteiger charge is -1.84. The molecule has 0 saturated carbocycles. The first-order chi connectivity index (χ1) is 4.15. The molecule has 0 saturated heterocycles. The molecule has 0 aromatic heterocycles. The van der Waals surface area contributed by atoms with Crippen LogP contribution in [0.15, 0.2) is 12.8 Å². The van der Waals surface area contributed by atoms with E-state index in [2.05, 4.69) is 11.3 Å². The first-order valence-corrected chi connectivity index (χ1v) is 3.24. The summed E-state index contributed by atoms with van der Waals surface area (Å²) in [6, 6.07) is 0. The smallest absolute Gasteiger partial charge is 0.299 e. The van der Waals surface area contributed by atoms with Gasteiger partial charge in [-0.25, -0.2) is 0 Å². The summed E-state index contributed by atoms with van der Waals surface area (Å²) < 4.78 is 27.4. The largest absolute Gasteiger partial charge is 0.502 e. The zero-order chi connectivity index (χ0) is 7.70. The normalized spacial score (nSPS) is 7.56. The summed E-state index contributed by atoms with van der Waals surface area (Å²) in [5.41, 5.74) is 0. The maximum absolute atomic E-state index is 8.67. The minimum absolute atomic E-state index is 0.726. The maximum atomic E-state index is 8.67. The average molecular weight is 154 g/mol. The second-order valence-corrected chi connectivity index (χ2v) is 1.31. The second kappa shape index (κ2) is 10.6. The molecule has 0 aliphatic heterocycles. The average Bonchev–Trinajstić information content (AvgIpc) is 1.66. The third-order valence-electron chi connectivity index (χ3n) is 0.285. The molecule has 5 heteroatoms. The van der Waals surface area contributed by atoms with Gasteiger partial charge in [-0.3, -0.25) is 9.11 Å². The van der Waals surface area contributed by atoms with Crippen molar-refractivity contribution in [3.05, 3.63) is 12.8 Å².